The van der Waals surface area contributed by atoms with Gasteiger partial charge >= 0.3 is 0 Å². The lowest BCUT2D eigenvalue weighted by atomic mass is 10.1. The van der Waals surface area contributed by atoms with Crippen LogP contribution in [0.5, 0.6) is 0 Å². The van der Waals surface area contributed by atoms with Crippen LogP contribution in [-0.2, 0) is 17.9 Å². The molecule has 0 radical (unpaired) electrons. The van der Waals surface area contributed by atoms with Gasteiger partial charge in [0.15, 0.2) is 0 Å². The summed E-state index contributed by atoms with van der Waals surface area (Å²) in [6, 6.07) is 23.4. The zero-order chi connectivity index (χ0) is 21.8. The van der Waals surface area contributed by atoms with Crippen molar-refractivity contribution in [3.8, 4) is 0 Å². The van der Waals surface area contributed by atoms with Crippen LogP contribution in [0.15, 0.2) is 83.9 Å². The van der Waals surface area contributed by atoms with Crippen LogP contribution in [0.3, 0.4) is 0 Å². The summed E-state index contributed by atoms with van der Waals surface area (Å²) in [6.07, 6.45) is 1.75. The first-order valence-corrected chi connectivity index (χ1v) is 10.4. The van der Waals surface area contributed by atoms with E-state index in [4.69, 9.17) is 0 Å². The van der Waals surface area contributed by atoms with Crippen molar-refractivity contribution in [2.75, 3.05) is 4.90 Å². The van der Waals surface area contributed by atoms with Crippen LogP contribution in [-0.4, -0.2) is 15.5 Å². The van der Waals surface area contributed by atoms with E-state index in [9.17, 15) is 9.59 Å². The highest BCUT2D eigenvalue weighted by Crippen LogP contribution is 2.20. The fourth-order valence-corrected chi connectivity index (χ4v) is 3.66. The molecule has 0 aliphatic rings. The third kappa shape index (κ3) is 4.56. The molecule has 0 saturated carbocycles. The molecule has 0 aliphatic carbocycles. The molecule has 1 amide bonds. The van der Waals surface area contributed by atoms with E-state index in [1.54, 1.807) is 17.3 Å². The lowest BCUT2D eigenvalue weighted by Gasteiger charge is -2.23. The normalized spacial score (nSPS) is 10.9. The number of anilines is 1. The van der Waals surface area contributed by atoms with Gasteiger partial charge in [0.1, 0.15) is 0 Å². The second-order valence-corrected chi connectivity index (χ2v) is 7.77. The number of nitrogens with zero attached hydrogens (tertiary/aromatic N) is 3. The van der Waals surface area contributed by atoms with Crippen LogP contribution in [0, 0.1) is 13.8 Å². The minimum atomic E-state index is -0.119. The Labute approximate surface area is 181 Å². The summed E-state index contributed by atoms with van der Waals surface area (Å²) < 4.78 is 1.52. The zero-order valence-electron chi connectivity index (χ0n) is 17.8. The third-order valence-electron chi connectivity index (χ3n) is 5.45. The van der Waals surface area contributed by atoms with Crippen molar-refractivity contribution < 1.29 is 4.79 Å². The molecule has 0 atom stereocenters. The van der Waals surface area contributed by atoms with Gasteiger partial charge in [-0.05, 0) is 43.2 Å². The maximum atomic E-state index is 13.2. The van der Waals surface area contributed by atoms with E-state index in [0.717, 1.165) is 22.4 Å². The standard InChI is InChI=1S/C26H25N3O2/c1-19-11-13-22(14-12-19)29(17-21-8-4-3-5-9-21)24(30)15-16-28-18-27-25-20(2)7-6-10-23(25)26(28)31/h3-14,18H,15-17H2,1-2H3. The average molecular weight is 412 g/mol. The van der Waals surface area contributed by atoms with Crippen molar-refractivity contribution in [2.45, 2.75) is 33.4 Å². The van der Waals surface area contributed by atoms with E-state index in [1.165, 1.54) is 4.57 Å². The first-order valence-electron chi connectivity index (χ1n) is 10.4. The monoisotopic (exact) mass is 411 g/mol. The maximum Gasteiger partial charge on any atom is 0.261 e. The average Bonchev–Trinajstić information content (AvgIpc) is 2.79. The number of carbonyl (C=O) groups is 1. The van der Waals surface area contributed by atoms with E-state index in [-0.39, 0.29) is 24.4 Å². The molecule has 0 N–H and O–H groups in total. The van der Waals surface area contributed by atoms with Gasteiger partial charge in [-0.15, -0.1) is 0 Å². The Balaban J connectivity index is 1.57. The summed E-state index contributed by atoms with van der Waals surface area (Å²) in [5, 5.41) is 0.578. The van der Waals surface area contributed by atoms with Gasteiger partial charge in [0, 0.05) is 18.7 Å². The molecule has 0 saturated heterocycles. The first kappa shape index (κ1) is 20.5. The van der Waals surface area contributed by atoms with E-state index in [2.05, 4.69) is 4.98 Å². The van der Waals surface area contributed by atoms with Gasteiger partial charge < -0.3 is 4.90 Å². The number of aromatic nitrogens is 2. The summed E-state index contributed by atoms with van der Waals surface area (Å²) in [5.74, 6) is -0.0380. The first-order chi connectivity index (χ1) is 15.0. The summed E-state index contributed by atoms with van der Waals surface area (Å²) in [6.45, 7) is 4.72. The van der Waals surface area contributed by atoms with Crippen LogP contribution >= 0.6 is 0 Å². The molecule has 5 nitrogen and oxygen atoms in total. The smallest absolute Gasteiger partial charge is 0.261 e. The predicted molar refractivity (Wildman–Crippen MR) is 124 cm³/mol. The fourth-order valence-electron chi connectivity index (χ4n) is 3.66. The van der Waals surface area contributed by atoms with E-state index in [0.29, 0.717) is 17.4 Å². The predicted octanol–water partition coefficient (Wildman–Crippen LogP) is 4.64. The van der Waals surface area contributed by atoms with Gasteiger partial charge in [0.2, 0.25) is 5.91 Å². The summed E-state index contributed by atoms with van der Waals surface area (Å²) in [5.41, 5.74) is 4.59. The highest BCUT2D eigenvalue weighted by molar-refractivity contribution is 5.93. The van der Waals surface area contributed by atoms with Gasteiger partial charge in [0.05, 0.1) is 23.8 Å². The number of rotatable bonds is 6. The molecular weight excluding hydrogens is 386 g/mol. The van der Waals surface area contributed by atoms with Crippen LogP contribution in [0.4, 0.5) is 5.69 Å². The number of para-hydroxylation sites is 1. The van der Waals surface area contributed by atoms with Gasteiger partial charge in [-0.2, -0.15) is 0 Å². The Morgan fingerprint density at radius 1 is 0.935 bits per heavy atom. The topological polar surface area (TPSA) is 55.2 Å². The third-order valence-corrected chi connectivity index (χ3v) is 5.45. The van der Waals surface area contributed by atoms with Gasteiger partial charge in [0.25, 0.3) is 5.56 Å². The van der Waals surface area contributed by atoms with Crippen molar-refractivity contribution in [3.05, 3.63) is 106 Å². The van der Waals surface area contributed by atoms with Crippen LogP contribution in [0.25, 0.3) is 10.9 Å². The summed E-state index contributed by atoms with van der Waals surface area (Å²) >= 11 is 0. The van der Waals surface area contributed by atoms with Gasteiger partial charge in [-0.3, -0.25) is 14.2 Å². The Morgan fingerprint density at radius 2 is 1.68 bits per heavy atom. The van der Waals surface area contributed by atoms with E-state index >= 15 is 0 Å². The van der Waals surface area contributed by atoms with Crippen LogP contribution in [0.1, 0.15) is 23.1 Å². The molecule has 5 heteroatoms. The number of fused-ring (bicyclic) bond motifs is 1. The molecule has 1 heterocycles. The van der Waals surface area contributed by atoms with Crippen molar-refractivity contribution in [1.29, 1.82) is 0 Å². The van der Waals surface area contributed by atoms with Gasteiger partial charge in [-0.1, -0.05) is 60.2 Å². The molecule has 4 rings (SSSR count). The minimum Gasteiger partial charge on any atom is -0.308 e. The van der Waals surface area contributed by atoms with E-state index in [1.807, 2.05) is 80.6 Å². The Morgan fingerprint density at radius 3 is 2.42 bits per heavy atom. The minimum absolute atomic E-state index is 0.0380. The molecule has 3 aromatic carbocycles. The zero-order valence-corrected chi connectivity index (χ0v) is 17.8. The number of hydrogen-bond donors (Lipinski definition) is 0. The van der Waals surface area contributed by atoms with Crippen molar-refractivity contribution >= 4 is 22.5 Å². The molecule has 0 unspecified atom stereocenters. The number of benzene rings is 3. The molecule has 4 aromatic rings. The van der Waals surface area contributed by atoms with Crippen molar-refractivity contribution in [3.63, 3.8) is 0 Å². The number of aryl methyl sites for hydroxylation is 3. The SMILES string of the molecule is Cc1ccc(N(Cc2ccccc2)C(=O)CCn2cnc3c(C)cccc3c2=O)cc1. The molecule has 0 fully saturated rings. The van der Waals surface area contributed by atoms with Crippen molar-refractivity contribution in [2.24, 2.45) is 0 Å². The Bertz CT molecular complexity index is 1260. The second kappa shape index (κ2) is 8.96. The molecular formula is C26H25N3O2. The fraction of sp³-hybridized carbons (Fsp3) is 0.192. The van der Waals surface area contributed by atoms with Crippen LogP contribution < -0.4 is 10.5 Å². The number of carbonyl (C=O) groups excluding carboxylic acids is 1. The second-order valence-electron chi connectivity index (χ2n) is 7.77. The number of amides is 1. The largest absolute Gasteiger partial charge is 0.308 e. The molecule has 0 bridgehead atoms. The van der Waals surface area contributed by atoms with E-state index < -0.39 is 0 Å². The molecule has 156 valence electrons. The molecule has 0 spiro atoms. The quantitative estimate of drug-likeness (QED) is 0.465. The summed E-state index contributed by atoms with van der Waals surface area (Å²) in [4.78, 5) is 32.3. The lowest BCUT2D eigenvalue weighted by molar-refractivity contribution is -0.119. The summed E-state index contributed by atoms with van der Waals surface area (Å²) in [7, 11) is 0. The molecule has 0 aliphatic heterocycles. The maximum absolute atomic E-state index is 13.2. The van der Waals surface area contributed by atoms with Crippen molar-refractivity contribution in [1.82, 2.24) is 9.55 Å². The Kier molecular flexibility index (Phi) is 5.94. The molecule has 31 heavy (non-hydrogen) atoms. The highest BCUT2D eigenvalue weighted by atomic mass is 16.2. The highest BCUT2D eigenvalue weighted by Gasteiger charge is 2.17. The van der Waals surface area contributed by atoms with Crippen LogP contribution in [0.2, 0.25) is 0 Å². The number of hydrogen-bond acceptors (Lipinski definition) is 3. The Hall–Kier alpha value is -3.73. The lowest BCUT2D eigenvalue weighted by Crippen LogP contribution is -2.32. The molecule has 1 aromatic heterocycles. The van der Waals surface area contributed by atoms with Gasteiger partial charge in [-0.25, -0.2) is 4.98 Å².